The van der Waals surface area contributed by atoms with Crippen LogP contribution < -0.4 is 10.9 Å². The van der Waals surface area contributed by atoms with E-state index in [9.17, 15) is 23.1 Å². The Morgan fingerprint density at radius 2 is 2.14 bits per heavy atom. The molecule has 1 aliphatic heterocycles. The predicted octanol–water partition coefficient (Wildman–Crippen LogP) is -0.194. The Kier molecular flexibility index (Phi) is 4.82. The van der Waals surface area contributed by atoms with Crippen LogP contribution in [0.4, 0.5) is 11.4 Å². The maximum Gasteiger partial charge on any atom is 0.295 e. The molecule has 1 aromatic heterocycles. The number of carboxylic acid groups (broad SMARTS) is 1. The third-order valence-corrected chi connectivity index (χ3v) is 4.91. The summed E-state index contributed by atoms with van der Waals surface area (Å²) in [6.45, 7) is 8.74. The lowest BCUT2D eigenvalue weighted by molar-refractivity contribution is -0.450. The average Bonchev–Trinajstić information content (AvgIpc) is 2.63. The molecule has 0 saturated carbocycles. The van der Waals surface area contributed by atoms with Crippen molar-refractivity contribution < 1.29 is 32.1 Å². The highest BCUT2D eigenvalue weighted by molar-refractivity contribution is 7.85. The van der Waals surface area contributed by atoms with Gasteiger partial charge in [0, 0.05) is 42.7 Å². The summed E-state index contributed by atoms with van der Waals surface area (Å²) in [5.41, 5.74) is -0.548. The zero-order chi connectivity index (χ0) is 21.5. The summed E-state index contributed by atoms with van der Waals surface area (Å²) in [7, 11) is -2.89. The monoisotopic (exact) mass is 417 g/mol. The van der Waals surface area contributed by atoms with Crippen LogP contribution in [-0.4, -0.2) is 57.6 Å². The minimum absolute atomic E-state index is 0.0207. The van der Waals surface area contributed by atoms with Gasteiger partial charge in [-0.25, -0.2) is 0 Å². The molecule has 1 aromatic carbocycles. The van der Waals surface area contributed by atoms with Gasteiger partial charge in [-0.3, -0.25) is 9.35 Å². The second kappa shape index (κ2) is 7.00. The summed E-state index contributed by atoms with van der Waals surface area (Å²) in [5, 5.41) is 13.6. The van der Waals surface area contributed by atoms with Gasteiger partial charge in [-0.2, -0.15) is 13.4 Å². The Labute approximate surface area is 164 Å². The third kappa shape index (κ3) is 3.66. The number of carbonyl (C=O) groups is 1. The smallest absolute Gasteiger partial charge is 0.295 e. The van der Waals surface area contributed by atoms with Gasteiger partial charge in [0.25, 0.3) is 16.1 Å². The molecule has 0 fully saturated rings. The van der Waals surface area contributed by atoms with E-state index in [1.807, 2.05) is 0 Å². The molecule has 0 spiro atoms. The molecule has 29 heavy (non-hydrogen) atoms. The van der Waals surface area contributed by atoms with Crippen molar-refractivity contribution in [3.63, 3.8) is 0 Å². The maximum atomic E-state index is 12.4. The Hall–Kier alpha value is -3.77. The number of aromatic nitrogens is 1. The highest BCUT2D eigenvalue weighted by Gasteiger charge is 2.20. The molecule has 1 aliphatic rings. The van der Waals surface area contributed by atoms with E-state index < -0.39 is 27.1 Å². The number of hydrogen-bond donors (Lipinski definition) is 2. The Morgan fingerprint density at radius 3 is 2.72 bits per heavy atom. The highest BCUT2D eigenvalue weighted by Crippen LogP contribution is 2.32. The first kappa shape index (κ1) is 20.0. The quantitative estimate of drug-likeness (QED) is 0.232. The largest absolute Gasteiger partial charge is 0.485 e. The van der Waals surface area contributed by atoms with E-state index in [4.69, 9.17) is 4.55 Å². The first-order valence-corrected chi connectivity index (χ1v) is 9.31. The van der Waals surface area contributed by atoms with Gasteiger partial charge >= 0.3 is 0 Å². The third-order valence-electron chi connectivity index (χ3n) is 4.07. The number of rotatable bonds is 4. The second-order valence-electron chi connectivity index (χ2n) is 6.01. The number of pyridine rings is 1. The number of hydrogen-bond acceptors (Lipinski definition) is 6. The van der Waals surface area contributed by atoms with Gasteiger partial charge in [-0.05, 0) is 17.7 Å². The summed E-state index contributed by atoms with van der Waals surface area (Å²) in [5.74, 6) is -1.42. The normalized spacial score (nSPS) is 13.7. The number of aliphatic imine (C=N–C) groups is 1. The summed E-state index contributed by atoms with van der Waals surface area (Å²) in [4.78, 5) is 27.4. The van der Waals surface area contributed by atoms with Gasteiger partial charge in [-0.15, -0.1) is 4.68 Å². The molecule has 0 saturated heterocycles. The van der Waals surface area contributed by atoms with Crippen LogP contribution in [0.3, 0.4) is 0 Å². The first-order chi connectivity index (χ1) is 13.5. The summed E-state index contributed by atoms with van der Waals surface area (Å²) >= 11 is 0. The standard InChI is InChI=1S/C17H15N5O6S/c1-20-8-10(29(26,27)28)4-5-14(20)19-22(3)13-6-11(17(24)25)16(23)12-7-18-9-21(2)15(12)13/h4-9H,2-3H2,1H3,(H,24,25)(H,26,27,28)/b19-14-. The van der Waals surface area contributed by atoms with E-state index in [0.717, 1.165) is 23.0 Å². The molecule has 0 amide bonds. The van der Waals surface area contributed by atoms with Gasteiger partial charge in [0.1, 0.15) is 4.90 Å². The fourth-order valence-electron chi connectivity index (χ4n) is 2.69. The number of benzene rings is 1. The van der Waals surface area contributed by atoms with Crippen LogP contribution in [0.5, 0.6) is 0 Å². The lowest BCUT2D eigenvalue weighted by Gasteiger charge is -2.21. The summed E-state index contributed by atoms with van der Waals surface area (Å²) in [6.07, 6.45) is 2.48. The first-order valence-electron chi connectivity index (χ1n) is 7.87. The number of aryl methyl sites for hydroxylation is 1. The van der Waals surface area contributed by atoms with Crippen molar-refractivity contribution in [3.05, 3.63) is 57.8 Å². The molecule has 0 aliphatic carbocycles. The van der Waals surface area contributed by atoms with Crippen molar-refractivity contribution in [1.29, 1.82) is 0 Å². The number of nitrogens with zero attached hydrogens (tertiary/aromatic N) is 5. The topological polar surface area (TPSA) is 144 Å². The van der Waals surface area contributed by atoms with Crippen molar-refractivity contribution in [3.8, 4) is 0 Å². The molecule has 3 rings (SSSR count). The van der Waals surface area contributed by atoms with Crippen molar-refractivity contribution >= 4 is 47.2 Å². The van der Waals surface area contributed by atoms with Gasteiger partial charge < -0.3 is 19.0 Å². The van der Waals surface area contributed by atoms with E-state index in [-0.39, 0.29) is 27.3 Å². The zero-order valence-corrected chi connectivity index (χ0v) is 15.9. The van der Waals surface area contributed by atoms with Crippen LogP contribution >= 0.6 is 0 Å². The van der Waals surface area contributed by atoms with Gasteiger partial charge in [0.05, 0.1) is 6.72 Å². The molecule has 0 bridgehead atoms. The minimum atomic E-state index is -4.39. The van der Waals surface area contributed by atoms with Gasteiger partial charge in [0.15, 0.2) is 11.2 Å². The van der Waals surface area contributed by atoms with Crippen LogP contribution in [0, 0.1) is 6.54 Å². The van der Waals surface area contributed by atoms with Crippen LogP contribution in [0.2, 0.25) is 0 Å². The number of fused-ring (bicyclic) bond motifs is 1. The van der Waals surface area contributed by atoms with Crippen LogP contribution in [0.1, 0.15) is 15.9 Å². The van der Waals surface area contributed by atoms with E-state index >= 15 is 0 Å². The summed E-state index contributed by atoms with van der Waals surface area (Å²) in [6, 6.07) is 3.59. The molecule has 150 valence electrons. The van der Waals surface area contributed by atoms with Gasteiger partial charge in [-0.1, -0.05) is 11.6 Å². The summed E-state index contributed by atoms with van der Waals surface area (Å²) < 4.78 is 35.3. The van der Waals surface area contributed by atoms with Crippen LogP contribution in [0.15, 0.2) is 44.2 Å². The molecule has 0 radical (unpaired) electrons. The molecule has 11 nitrogen and oxygen atoms in total. The Balaban J connectivity index is 2.22. The lowest BCUT2D eigenvalue weighted by Crippen LogP contribution is -2.25. The van der Waals surface area contributed by atoms with Crippen molar-refractivity contribution in [2.24, 2.45) is 17.1 Å². The Morgan fingerprint density at radius 1 is 1.45 bits per heavy atom. The fourth-order valence-corrected chi connectivity index (χ4v) is 3.22. The molecular weight excluding hydrogens is 402 g/mol. The molecule has 0 atom stereocenters. The van der Waals surface area contributed by atoms with E-state index in [2.05, 4.69) is 23.5 Å². The minimum Gasteiger partial charge on any atom is -0.485 e. The number of aromatic carboxylic acids is 1. The van der Waals surface area contributed by atoms with Crippen LogP contribution in [0.25, 0.3) is 0 Å². The molecular formula is C17H15N5O6S. The zero-order valence-electron chi connectivity index (χ0n) is 15.1. The highest BCUT2D eigenvalue weighted by atomic mass is 32.2. The number of carboxylic acids is 1. The Bertz CT molecular complexity index is 1350. The maximum absolute atomic E-state index is 12.4. The SMILES string of the molecule is C=[N+]1C=N[CH-]c2c1[c-]([N+](=C)/N=c1/ccc(S(=O)(=O)O)cn1C)cc(C(=O)O)c2=O. The van der Waals surface area contributed by atoms with Gasteiger partial charge in [0.2, 0.25) is 6.34 Å². The molecule has 0 unspecified atom stereocenters. The lowest BCUT2D eigenvalue weighted by atomic mass is 10.0. The average molecular weight is 417 g/mol. The predicted molar refractivity (Wildman–Crippen MR) is 102 cm³/mol. The van der Waals surface area contributed by atoms with Crippen molar-refractivity contribution in [2.75, 3.05) is 0 Å². The van der Waals surface area contributed by atoms with Crippen molar-refractivity contribution in [2.45, 2.75) is 4.90 Å². The fraction of sp³-hybridized carbons (Fsp3) is 0.0588. The van der Waals surface area contributed by atoms with E-state index in [1.54, 1.807) is 0 Å². The molecule has 2 N–H and O–H groups in total. The molecule has 2 heterocycles. The van der Waals surface area contributed by atoms with E-state index in [1.165, 1.54) is 35.1 Å². The molecule has 12 heteroatoms. The van der Waals surface area contributed by atoms with E-state index in [0.29, 0.717) is 0 Å². The molecule has 2 aromatic rings. The van der Waals surface area contributed by atoms with Crippen molar-refractivity contribution in [1.82, 2.24) is 4.57 Å². The van der Waals surface area contributed by atoms with Crippen LogP contribution in [-0.2, 0) is 17.2 Å². The second-order valence-corrected chi connectivity index (χ2v) is 7.43.